The van der Waals surface area contributed by atoms with Gasteiger partial charge in [0.25, 0.3) is 0 Å². The number of rotatable bonds is 5. The van der Waals surface area contributed by atoms with E-state index < -0.39 is 0 Å². The van der Waals surface area contributed by atoms with Gasteiger partial charge in [0, 0.05) is 31.4 Å². The van der Waals surface area contributed by atoms with Crippen LogP contribution in [0.3, 0.4) is 0 Å². The van der Waals surface area contributed by atoms with Crippen molar-refractivity contribution in [1.82, 2.24) is 15.5 Å². The molecule has 1 fully saturated rings. The highest BCUT2D eigenvalue weighted by molar-refractivity contribution is 14.0. The molecule has 0 radical (unpaired) electrons. The van der Waals surface area contributed by atoms with Crippen LogP contribution in [-0.2, 0) is 6.54 Å². The Balaban J connectivity index is 0.00000220. The molecule has 7 heteroatoms. The molecule has 4 nitrogen and oxygen atoms in total. The Bertz CT molecular complexity index is 428. The number of guanidine groups is 1. The highest BCUT2D eigenvalue weighted by atomic mass is 127. The summed E-state index contributed by atoms with van der Waals surface area (Å²) in [5.41, 5.74) is 1.56. The van der Waals surface area contributed by atoms with Crippen LogP contribution < -0.4 is 10.6 Å². The highest BCUT2D eigenvalue weighted by Gasteiger charge is 2.36. The normalized spacial score (nSPS) is 22.2. The molecular formula is C14H25IN4S2. The summed E-state index contributed by atoms with van der Waals surface area (Å²) < 4.78 is 0. The standard InChI is InChI=1S/C14H24N4S2.HI/c1-15-13(16-8-12-4-6-19-9-12)17-10-14(18(2)3)5-7-20-11-14;/h4,6,9H,5,7-8,10-11H2,1-3H3,(H2,15,16,17);1H. The van der Waals surface area contributed by atoms with E-state index in [2.05, 4.69) is 51.4 Å². The maximum Gasteiger partial charge on any atom is 0.191 e. The predicted octanol–water partition coefficient (Wildman–Crippen LogP) is 2.47. The molecule has 1 saturated heterocycles. The molecule has 0 aliphatic carbocycles. The molecule has 0 aromatic carbocycles. The minimum atomic E-state index is 0. The van der Waals surface area contributed by atoms with Gasteiger partial charge in [-0.3, -0.25) is 4.99 Å². The minimum absolute atomic E-state index is 0. The number of nitrogens with zero attached hydrogens (tertiary/aromatic N) is 2. The van der Waals surface area contributed by atoms with Crippen molar-refractivity contribution >= 4 is 53.0 Å². The number of hydrogen-bond donors (Lipinski definition) is 2. The first-order valence-electron chi connectivity index (χ1n) is 6.87. The number of aliphatic imine (C=N–C) groups is 1. The molecule has 21 heavy (non-hydrogen) atoms. The molecule has 1 aromatic rings. The van der Waals surface area contributed by atoms with Crippen molar-refractivity contribution in [3.8, 4) is 0 Å². The van der Waals surface area contributed by atoms with Crippen molar-refractivity contribution in [2.24, 2.45) is 4.99 Å². The summed E-state index contributed by atoms with van der Waals surface area (Å²) in [4.78, 5) is 6.66. The molecule has 2 N–H and O–H groups in total. The Morgan fingerprint density at radius 3 is 2.76 bits per heavy atom. The smallest absolute Gasteiger partial charge is 0.191 e. The fourth-order valence-electron chi connectivity index (χ4n) is 2.29. The zero-order valence-corrected chi connectivity index (χ0v) is 16.9. The molecule has 120 valence electrons. The maximum absolute atomic E-state index is 4.31. The molecule has 0 bridgehead atoms. The SMILES string of the molecule is CN=C(NCc1ccsc1)NCC1(N(C)C)CCSC1.I. The van der Waals surface area contributed by atoms with E-state index >= 15 is 0 Å². The van der Waals surface area contributed by atoms with Crippen molar-refractivity contribution in [2.75, 3.05) is 39.2 Å². The Hall–Kier alpha value is 0.01000. The van der Waals surface area contributed by atoms with Crippen molar-refractivity contribution in [3.63, 3.8) is 0 Å². The van der Waals surface area contributed by atoms with E-state index in [9.17, 15) is 0 Å². The van der Waals surface area contributed by atoms with Crippen molar-refractivity contribution in [1.29, 1.82) is 0 Å². The Kier molecular flexibility index (Phi) is 8.36. The largest absolute Gasteiger partial charge is 0.355 e. The molecule has 1 aromatic heterocycles. The quantitative estimate of drug-likeness (QED) is 0.419. The van der Waals surface area contributed by atoms with Gasteiger partial charge in [-0.05, 0) is 48.7 Å². The molecule has 1 aliphatic heterocycles. The van der Waals surface area contributed by atoms with Gasteiger partial charge in [0.15, 0.2) is 5.96 Å². The van der Waals surface area contributed by atoms with Gasteiger partial charge in [0.2, 0.25) is 0 Å². The van der Waals surface area contributed by atoms with Crippen LogP contribution in [0.1, 0.15) is 12.0 Å². The highest BCUT2D eigenvalue weighted by Crippen LogP contribution is 2.31. The summed E-state index contributed by atoms with van der Waals surface area (Å²) in [6.45, 7) is 1.77. The second-order valence-electron chi connectivity index (χ2n) is 5.33. The van der Waals surface area contributed by atoms with Crippen LogP contribution in [0.15, 0.2) is 21.8 Å². The van der Waals surface area contributed by atoms with Crippen LogP contribution in [0.2, 0.25) is 0 Å². The number of hydrogen-bond acceptors (Lipinski definition) is 4. The third-order valence-corrected chi connectivity index (χ3v) is 5.85. The second kappa shape index (κ2) is 9.22. The van der Waals surface area contributed by atoms with Crippen LogP contribution in [0.25, 0.3) is 0 Å². The van der Waals surface area contributed by atoms with E-state index in [1.165, 1.54) is 23.5 Å². The summed E-state index contributed by atoms with van der Waals surface area (Å²) in [5, 5.41) is 11.1. The van der Waals surface area contributed by atoms with Crippen LogP contribution in [0, 0.1) is 0 Å². The molecular weight excluding hydrogens is 415 g/mol. The fraction of sp³-hybridized carbons (Fsp3) is 0.643. The average Bonchev–Trinajstić information content (AvgIpc) is 3.10. The van der Waals surface area contributed by atoms with Gasteiger partial charge in [-0.25, -0.2) is 0 Å². The van der Waals surface area contributed by atoms with Gasteiger partial charge in [-0.15, -0.1) is 24.0 Å². The van der Waals surface area contributed by atoms with Crippen LogP contribution in [0.5, 0.6) is 0 Å². The lowest BCUT2D eigenvalue weighted by molar-refractivity contribution is 0.183. The van der Waals surface area contributed by atoms with Gasteiger partial charge in [-0.1, -0.05) is 0 Å². The lowest BCUT2D eigenvalue weighted by atomic mass is 9.97. The summed E-state index contributed by atoms with van der Waals surface area (Å²) in [6.07, 6.45) is 1.24. The topological polar surface area (TPSA) is 39.7 Å². The monoisotopic (exact) mass is 440 g/mol. The first-order valence-corrected chi connectivity index (χ1v) is 8.97. The average molecular weight is 440 g/mol. The van der Waals surface area contributed by atoms with E-state index in [1.807, 2.05) is 18.8 Å². The second-order valence-corrected chi connectivity index (χ2v) is 7.22. The maximum atomic E-state index is 4.31. The van der Waals surface area contributed by atoms with Crippen LogP contribution in [-0.4, -0.2) is 55.6 Å². The Morgan fingerprint density at radius 2 is 2.24 bits per heavy atom. The van der Waals surface area contributed by atoms with Crippen molar-refractivity contribution in [2.45, 2.75) is 18.5 Å². The molecule has 0 amide bonds. The van der Waals surface area contributed by atoms with Crippen LogP contribution >= 0.6 is 47.1 Å². The summed E-state index contributed by atoms with van der Waals surface area (Å²) in [5.74, 6) is 3.32. The fourth-order valence-corrected chi connectivity index (χ4v) is 4.52. The minimum Gasteiger partial charge on any atom is -0.355 e. The van der Waals surface area contributed by atoms with E-state index in [-0.39, 0.29) is 29.5 Å². The molecule has 0 spiro atoms. The van der Waals surface area contributed by atoms with Gasteiger partial charge in [0.05, 0.1) is 0 Å². The first-order chi connectivity index (χ1) is 9.66. The summed E-state index contributed by atoms with van der Waals surface area (Å²) in [7, 11) is 6.18. The van der Waals surface area contributed by atoms with Crippen molar-refractivity contribution < 1.29 is 0 Å². The lowest BCUT2D eigenvalue weighted by Gasteiger charge is -2.36. The third-order valence-electron chi connectivity index (χ3n) is 3.88. The van der Waals surface area contributed by atoms with E-state index in [1.54, 1.807) is 11.3 Å². The molecule has 2 rings (SSSR count). The number of nitrogens with one attached hydrogen (secondary N) is 2. The number of thiophene rings is 1. The first kappa shape index (κ1) is 19.1. The van der Waals surface area contributed by atoms with Gasteiger partial charge in [0.1, 0.15) is 0 Å². The Labute approximate surface area is 153 Å². The van der Waals surface area contributed by atoms with Gasteiger partial charge < -0.3 is 15.5 Å². The Morgan fingerprint density at radius 1 is 1.43 bits per heavy atom. The van der Waals surface area contributed by atoms with E-state index in [4.69, 9.17) is 0 Å². The van der Waals surface area contributed by atoms with Gasteiger partial charge in [-0.2, -0.15) is 23.1 Å². The molecule has 2 heterocycles. The summed E-state index contributed by atoms with van der Waals surface area (Å²) in [6, 6.07) is 2.14. The molecule has 0 saturated carbocycles. The zero-order valence-electron chi connectivity index (χ0n) is 12.9. The molecule has 1 aliphatic rings. The molecule has 1 unspecified atom stereocenters. The number of thioether (sulfide) groups is 1. The van der Waals surface area contributed by atoms with E-state index in [0.29, 0.717) is 0 Å². The molecule has 1 atom stereocenters. The lowest BCUT2D eigenvalue weighted by Crippen LogP contribution is -2.54. The van der Waals surface area contributed by atoms with Crippen molar-refractivity contribution in [3.05, 3.63) is 22.4 Å². The third kappa shape index (κ3) is 5.30. The zero-order chi connectivity index (χ0) is 14.4. The van der Waals surface area contributed by atoms with Gasteiger partial charge >= 0.3 is 0 Å². The van der Waals surface area contributed by atoms with E-state index in [0.717, 1.165) is 19.0 Å². The predicted molar refractivity (Wildman–Crippen MR) is 106 cm³/mol. The summed E-state index contributed by atoms with van der Waals surface area (Å²) >= 11 is 3.77. The number of likely N-dealkylation sites (N-methyl/N-ethyl adjacent to an activating group) is 1. The van der Waals surface area contributed by atoms with Crippen LogP contribution in [0.4, 0.5) is 0 Å². The number of halogens is 1.